The molecule has 0 aliphatic heterocycles. The van der Waals surface area contributed by atoms with Crippen molar-refractivity contribution in [3.8, 4) is 0 Å². The number of fused-ring (bicyclic) bond motifs is 1. The third kappa shape index (κ3) is 1.35. The molecule has 84 valence electrons. The van der Waals surface area contributed by atoms with Crippen molar-refractivity contribution >= 4 is 10.9 Å². The van der Waals surface area contributed by atoms with Crippen LogP contribution in [0.1, 0.15) is 49.4 Å². The summed E-state index contributed by atoms with van der Waals surface area (Å²) in [5.74, 6) is 0.688. The molecule has 3 N–H and O–H groups in total. The van der Waals surface area contributed by atoms with Gasteiger partial charge in [-0.05, 0) is 25.3 Å². The van der Waals surface area contributed by atoms with Gasteiger partial charge in [0.25, 0.3) is 0 Å². The highest BCUT2D eigenvalue weighted by Crippen LogP contribution is 2.39. The first kappa shape index (κ1) is 9.85. The number of nitrogens with one attached hydrogen (secondary N) is 1. The van der Waals surface area contributed by atoms with Crippen LogP contribution in [0, 0.1) is 0 Å². The maximum atomic E-state index is 5.96. The summed E-state index contributed by atoms with van der Waals surface area (Å²) in [7, 11) is 0. The van der Waals surface area contributed by atoms with Gasteiger partial charge in [-0.25, -0.2) is 0 Å². The summed E-state index contributed by atoms with van der Waals surface area (Å²) < 4.78 is 0. The monoisotopic (exact) mass is 215 g/mol. The second-order valence-electron chi connectivity index (χ2n) is 4.80. The van der Waals surface area contributed by atoms with Crippen molar-refractivity contribution in [2.45, 2.75) is 38.1 Å². The van der Waals surface area contributed by atoms with Gasteiger partial charge in [-0.3, -0.25) is 5.10 Å². The van der Waals surface area contributed by atoms with Crippen molar-refractivity contribution in [1.82, 2.24) is 10.2 Å². The first-order chi connectivity index (χ1) is 7.77. The number of nitrogens with two attached hydrogens (primary N) is 1. The van der Waals surface area contributed by atoms with Crippen LogP contribution in [0.25, 0.3) is 10.9 Å². The van der Waals surface area contributed by atoms with Crippen LogP contribution in [-0.2, 0) is 0 Å². The largest absolute Gasteiger partial charge is 0.324 e. The van der Waals surface area contributed by atoms with Crippen molar-refractivity contribution in [3.63, 3.8) is 0 Å². The molecule has 1 atom stereocenters. The van der Waals surface area contributed by atoms with Crippen molar-refractivity contribution < 1.29 is 0 Å². The molecule has 3 rings (SSSR count). The van der Waals surface area contributed by atoms with Crippen LogP contribution in [0.15, 0.2) is 18.2 Å². The van der Waals surface area contributed by atoms with E-state index in [-0.39, 0.29) is 6.04 Å². The Labute approximate surface area is 95.0 Å². The predicted octanol–water partition coefficient (Wildman–Crippen LogP) is 2.85. The molecule has 1 aliphatic rings. The van der Waals surface area contributed by atoms with Crippen LogP contribution in [0.4, 0.5) is 0 Å². The Morgan fingerprint density at radius 1 is 1.44 bits per heavy atom. The second-order valence-corrected chi connectivity index (χ2v) is 4.80. The minimum absolute atomic E-state index is 0.0428. The van der Waals surface area contributed by atoms with Crippen LogP contribution in [0.3, 0.4) is 0 Å². The van der Waals surface area contributed by atoms with Crippen molar-refractivity contribution in [2.24, 2.45) is 5.73 Å². The van der Waals surface area contributed by atoms with E-state index in [4.69, 9.17) is 5.73 Å². The number of nitrogens with zero attached hydrogens (tertiary/aromatic N) is 1. The van der Waals surface area contributed by atoms with Crippen LogP contribution >= 0.6 is 0 Å². The van der Waals surface area contributed by atoms with Crippen LogP contribution in [-0.4, -0.2) is 10.2 Å². The number of H-pyrrole nitrogens is 1. The summed E-state index contributed by atoms with van der Waals surface area (Å²) in [5, 5.41) is 8.91. The average Bonchev–Trinajstić information content (AvgIpc) is 2.59. The van der Waals surface area contributed by atoms with Crippen molar-refractivity contribution in [2.75, 3.05) is 0 Å². The van der Waals surface area contributed by atoms with E-state index in [2.05, 4.69) is 28.4 Å². The van der Waals surface area contributed by atoms with Crippen LogP contribution in [0.5, 0.6) is 0 Å². The summed E-state index contributed by atoms with van der Waals surface area (Å²) in [6.45, 7) is 2.01. The summed E-state index contributed by atoms with van der Waals surface area (Å²) in [6.07, 6.45) is 3.93. The summed E-state index contributed by atoms with van der Waals surface area (Å²) in [5.41, 5.74) is 9.46. The number of hydrogen-bond donors (Lipinski definition) is 2. The van der Waals surface area contributed by atoms with Gasteiger partial charge in [-0.15, -0.1) is 0 Å². The zero-order valence-corrected chi connectivity index (χ0v) is 9.53. The molecule has 0 amide bonds. The van der Waals surface area contributed by atoms with E-state index in [1.165, 1.54) is 30.3 Å². The highest BCUT2D eigenvalue weighted by atomic mass is 15.1. The van der Waals surface area contributed by atoms with E-state index in [0.717, 1.165) is 11.1 Å². The Bertz CT molecular complexity index is 509. The van der Waals surface area contributed by atoms with E-state index in [1.807, 2.05) is 6.92 Å². The van der Waals surface area contributed by atoms with Gasteiger partial charge >= 0.3 is 0 Å². The Kier molecular flexibility index (Phi) is 2.21. The van der Waals surface area contributed by atoms with Crippen molar-refractivity contribution in [3.05, 3.63) is 29.5 Å². The maximum Gasteiger partial charge on any atom is 0.0971 e. The molecule has 2 aromatic rings. The Morgan fingerprint density at radius 3 is 2.88 bits per heavy atom. The smallest absolute Gasteiger partial charge is 0.0971 e. The molecular formula is C13H17N3. The van der Waals surface area contributed by atoms with E-state index in [9.17, 15) is 0 Å². The molecule has 1 heterocycles. The topological polar surface area (TPSA) is 54.7 Å². The standard InChI is InChI=1S/C13H17N3/c1-8(14)10-6-3-7-11-12(9-4-2-5-9)15-16-13(10)11/h3,6-9H,2,4-5,14H2,1H3,(H,15,16). The lowest BCUT2D eigenvalue weighted by atomic mass is 9.81. The summed E-state index contributed by atoms with van der Waals surface area (Å²) in [4.78, 5) is 0. The molecule has 1 aliphatic carbocycles. The Hall–Kier alpha value is -1.35. The predicted molar refractivity (Wildman–Crippen MR) is 65.3 cm³/mol. The minimum Gasteiger partial charge on any atom is -0.324 e. The lowest BCUT2D eigenvalue weighted by Gasteiger charge is -2.24. The first-order valence-electron chi connectivity index (χ1n) is 6.00. The summed E-state index contributed by atoms with van der Waals surface area (Å²) in [6, 6.07) is 6.34. The summed E-state index contributed by atoms with van der Waals surface area (Å²) >= 11 is 0. The second kappa shape index (κ2) is 3.59. The van der Waals surface area contributed by atoms with Gasteiger partial charge in [-0.1, -0.05) is 24.6 Å². The van der Waals surface area contributed by atoms with Gasteiger partial charge in [0.1, 0.15) is 0 Å². The Balaban J connectivity index is 2.16. The molecule has 3 heteroatoms. The molecular weight excluding hydrogens is 198 g/mol. The number of aromatic amines is 1. The molecule has 3 nitrogen and oxygen atoms in total. The maximum absolute atomic E-state index is 5.96. The lowest BCUT2D eigenvalue weighted by molar-refractivity contribution is 0.413. The minimum atomic E-state index is 0.0428. The van der Waals surface area contributed by atoms with Gasteiger partial charge in [0.2, 0.25) is 0 Å². The highest BCUT2D eigenvalue weighted by Gasteiger charge is 2.24. The SMILES string of the molecule is CC(N)c1cccc2c(C3CCC3)[nH]nc12. The molecule has 0 spiro atoms. The van der Waals surface area contributed by atoms with E-state index in [0.29, 0.717) is 5.92 Å². The lowest BCUT2D eigenvalue weighted by Crippen LogP contribution is -2.09. The van der Waals surface area contributed by atoms with Gasteiger partial charge in [0, 0.05) is 23.0 Å². The molecule has 1 aromatic heterocycles. The molecule has 0 radical (unpaired) electrons. The van der Waals surface area contributed by atoms with E-state index in [1.54, 1.807) is 0 Å². The van der Waals surface area contributed by atoms with Gasteiger partial charge in [0.15, 0.2) is 0 Å². The third-order valence-electron chi connectivity index (χ3n) is 3.65. The zero-order chi connectivity index (χ0) is 11.1. The van der Waals surface area contributed by atoms with Gasteiger partial charge < -0.3 is 5.73 Å². The van der Waals surface area contributed by atoms with Gasteiger partial charge in [0.05, 0.1) is 5.52 Å². The zero-order valence-electron chi connectivity index (χ0n) is 9.53. The number of para-hydroxylation sites is 1. The quantitative estimate of drug-likeness (QED) is 0.809. The van der Waals surface area contributed by atoms with Crippen molar-refractivity contribution in [1.29, 1.82) is 0 Å². The fraction of sp³-hybridized carbons (Fsp3) is 0.462. The number of rotatable bonds is 2. The average molecular weight is 215 g/mol. The van der Waals surface area contributed by atoms with Crippen LogP contribution < -0.4 is 5.73 Å². The highest BCUT2D eigenvalue weighted by molar-refractivity contribution is 5.85. The molecule has 0 bridgehead atoms. The fourth-order valence-corrected chi connectivity index (χ4v) is 2.46. The fourth-order valence-electron chi connectivity index (χ4n) is 2.46. The molecule has 1 unspecified atom stereocenters. The van der Waals surface area contributed by atoms with Crippen LogP contribution in [0.2, 0.25) is 0 Å². The first-order valence-corrected chi connectivity index (χ1v) is 6.00. The van der Waals surface area contributed by atoms with E-state index < -0.39 is 0 Å². The van der Waals surface area contributed by atoms with Gasteiger partial charge in [-0.2, -0.15) is 5.10 Å². The normalized spacial score (nSPS) is 18.6. The molecule has 1 saturated carbocycles. The molecule has 16 heavy (non-hydrogen) atoms. The third-order valence-corrected chi connectivity index (χ3v) is 3.65. The molecule has 0 saturated heterocycles. The number of benzene rings is 1. The molecule has 1 aromatic carbocycles. The number of aromatic nitrogens is 2. The van der Waals surface area contributed by atoms with E-state index >= 15 is 0 Å². The molecule has 1 fully saturated rings. The number of hydrogen-bond acceptors (Lipinski definition) is 2. The Morgan fingerprint density at radius 2 is 2.25 bits per heavy atom.